The molecule has 0 bridgehead atoms. The van der Waals surface area contributed by atoms with Crippen LogP contribution in [0.5, 0.6) is 0 Å². The number of oxazole rings is 1. The maximum absolute atomic E-state index is 5.88. The van der Waals surface area contributed by atoms with Gasteiger partial charge >= 0.3 is 0 Å². The first-order valence-electron chi connectivity index (χ1n) is 8.04. The number of hydrogen-bond donors (Lipinski definition) is 0. The summed E-state index contributed by atoms with van der Waals surface area (Å²) in [6, 6.07) is 9.97. The molecule has 0 spiro atoms. The van der Waals surface area contributed by atoms with E-state index >= 15 is 0 Å². The van der Waals surface area contributed by atoms with Crippen LogP contribution in [0.25, 0.3) is 11.5 Å². The molecule has 1 aromatic carbocycles. The lowest BCUT2D eigenvalue weighted by Gasteiger charge is -2.31. The van der Waals surface area contributed by atoms with Gasteiger partial charge in [-0.15, -0.1) is 11.3 Å². The zero-order chi connectivity index (χ0) is 16.4. The normalized spacial score (nSPS) is 18.8. The molecule has 1 saturated heterocycles. The number of morpholine rings is 1. The minimum absolute atomic E-state index is 0.0537. The van der Waals surface area contributed by atoms with E-state index in [0.29, 0.717) is 12.5 Å². The van der Waals surface area contributed by atoms with Gasteiger partial charge < -0.3 is 9.15 Å². The SMILES string of the molecule is Cc1csc([C@H]2CN(Cc3coc(-c4ccccc4)n3)CCO2)n1. The van der Waals surface area contributed by atoms with Gasteiger partial charge in [-0.25, -0.2) is 9.97 Å². The molecule has 24 heavy (non-hydrogen) atoms. The van der Waals surface area contributed by atoms with E-state index in [1.165, 1.54) is 0 Å². The molecule has 1 aliphatic rings. The zero-order valence-electron chi connectivity index (χ0n) is 13.5. The zero-order valence-corrected chi connectivity index (χ0v) is 14.3. The molecule has 0 aliphatic carbocycles. The molecule has 0 amide bonds. The number of thiazole rings is 1. The minimum atomic E-state index is 0.0537. The Morgan fingerprint density at radius 2 is 2.12 bits per heavy atom. The average molecular weight is 341 g/mol. The van der Waals surface area contributed by atoms with Gasteiger partial charge in [-0.05, 0) is 19.1 Å². The lowest BCUT2D eigenvalue weighted by Crippen LogP contribution is -2.37. The first kappa shape index (κ1) is 15.5. The highest BCUT2D eigenvalue weighted by atomic mass is 32.1. The van der Waals surface area contributed by atoms with Crippen LogP contribution in [0, 0.1) is 6.92 Å². The third-order valence-corrected chi connectivity index (χ3v) is 5.08. The predicted octanol–water partition coefficient (Wildman–Crippen LogP) is 3.68. The minimum Gasteiger partial charge on any atom is -0.444 e. The molecule has 1 fully saturated rings. The Hall–Kier alpha value is -2.02. The van der Waals surface area contributed by atoms with Crippen molar-refractivity contribution in [1.29, 1.82) is 0 Å². The average Bonchev–Trinajstić information content (AvgIpc) is 3.25. The van der Waals surface area contributed by atoms with Crippen LogP contribution in [0.3, 0.4) is 0 Å². The van der Waals surface area contributed by atoms with Crippen molar-refractivity contribution in [1.82, 2.24) is 14.9 Å². The quantitative estimate of drug-likeness (QED) is 0.724. The van der Waals surface area contributed by atoms with Gasteiger partial charge in [0.1, 0.15) is 17.4 Å². The van der Waals surface area contributed by atoms with Gasteiger partial charge in [0, 0.05) is 36.3 Å². The molecule has 6 heteroatoms. The highest BCUT2D eigenvalue weighted by Crippen LogP contribution is 2.26. The third-order valence-electron chi connectivity index (χ3n) is 4.02. The Bertz CT molecular complexity index is 799. The van der Waals surface area contributed by atoms with Crippen molar-refractivity contribution in [3.63, 3.8) is 0 Å². The van der Waals surface area contributed by atoms with Crippen LogP contribution in [-0.4, -0.2) is 34.6 Å². The molecule has 3 aromatic rings. The summed E-state index contributed by atoms with van der Waals surface area (Å²) < 4.78 is 11.5. The van der Waals surface area contributed by atoms with Crippen molar-refractivity contribution in [3.05, 3.63) is 58.4 Å². The molecule has 0 unspecified atom stereocenters. The van der Waals surface area contributed by atoms with Crippen LogP contribution in [-0.2, 0) is 11.3 Å². The largest absolute Gasteiger partial charge is 0.444 e. The standard InChI is InChI=1S/C18H19N3O2S/c1-13-12-24-18(19-13)16-10-21(7-8-22-16)9-15-11-23-17(20-15)14-5-3-2-4-6-14/h2-6,11-12,16H,7-10H2,1H3/t16-/m1/s1. The summed E-state index contributed by atoms with van der Waals surface area (Å²) in [7, 11) is 0. The van der Waals surface area contributed by atoms with Crippen LogP contribution in [0.4, 0.5) is 0 Å². The van der Waals surface area contributed by atoms with Crippen LogP contribution in [0.2, 0.25) is 0 Å². The maximum atomic E-state index is 5.88. The van der Waals surface area contributed by atoms with Gasteiger partial charge in [0.2, 0.25) is 5.89 Å². The van der Waals surface area contributed by atoms with Crippen molar-refractivity contribution in [2.24, 2.45) is 0 Å². The summed E-state index contributed by atoms with van der Waals surface area (Å²) in [5, 5.41) is 3.13. The van der Waals surface area contributed by atoms with E-state index < -0.39 is 0 Å². The number of aromatic nitrogens is 2. The second-order valence-corrected chi connectivity index (χ2v) is 6.82. The van der Waals surface area contributed by atoms with Gasteiger partial charge in [0.25, 0.3) is 0 Å². The van der Waals surface area contributed by atoms with Gasteiger partial charge in [-0.1, -0.05) is 18.2 Å². The number of benzene rings is 1. The summed E-state index contributed by atoms with van der Waals surface area (Å²) >= 11 is 1.67. The molecule has 124 valence electrons. The predicted molar refractivity (Wildman–Crippen MR) is 92.8 cm³/mol. The third kappa shape index (κ3) is 3.40. The van der Waals surface area contributed by atoms with E-state index in [0.717, 1.165) is 41.6 Å². The fourth-order valence-corrected chi connectivity index (χ4v) is 3.67. The van der Waals surface area contributed by atoms with Crippen LogP contribution >= 0.6 is 11.3 Å². The highest BCUT2D eigenvalue weighted by Gasteiger charge is 2.25. The van der Waals surface area contributed by atoms with E-state index in [4.69, 9.17) is 9.15 Å². The Kier molecular flexibility index (Phi) is 4.42. The number of ether oxygens (including phenoxy) is 1. The smallest absolute Gasteiger partial charge is 0.226 e. The van der Waals surface area contributed by atoms with Gasteiger partial charge in [0.05, 0.1) is 12.3 Å². The number of nitrogens with zero attached hydrogens (tertiary/aromatic N) is 3. The molecule has 0 saturated carbocycles. The molecule has 0 radical (unpaired) electrons. The lowest BCUT2D eigenvalue weighted by molar-refractivity contribution is -0.0334. The molecule has 1 aliphatic heterocycles. The van der Waals surface area contributed by atoms with E-state index in [-0.39, 0.29) is 6.10 Å². The van der Waals surface area contributed by atoms with Crippen molar-refractivity contribution < 1.29 is 9.15 Å². The second kappa shape index (κ2) is 6.84. The van der Waals surface area contributed by atoms with Crippen LogP contribution in [0.1, 0.15) is 22.5 Å². The van der Waals surface area contributed by atoms with E-state index in [1.54, 1.807) is 17.6 Å². The first-order valence-corrected chi connectivity index (χ1v) is 8.92. The van der Waals surface area contributed by atoms with Crippen molar-refractivity contribution in [2.45, 2.75) is 19.6 Å². The van der Waals surface area contributed by atoms with E-state index in [2.05, 4.69) is 20.2 Å². The summed E-state index contributed by atoms with van der Waals surface area (Å²) in [6.07, 6.45) is 1.80. The Labute approximate surface area is 144 Å². The van der Waals surface area contributed by atoms with Gasteiger partial charge in [-0.2, -0.15) is 0 Å². The fraction of sp³-hybridized carbons (Fsp3) is 0.333. The van der Waals surface area contributed by atoms with Crippen molar-refractivity contribution in [3.8, 4) is 11.5 Å². The molecule has 1 atom stereocenters. The van der Waals surface area contributed by atoms with Gasteiger partial charge in [-0.3, -0.25) is 4.90 Å². The molecule has 3 heterocycles. The molecular formula is C18H19N3O2S. The summed E-state index contributed by atoms with van der Waals surface area (Å²) in [4.78, 5) is 11.5. The molecule has 4 rings (SSSR count). The highest BCUT2D eigenvalue weighted by molar-refractivity contribution is 7.09. The first-order chi connectivity index (χ1) is 11.8. The number of hydrogen-bond acceptors (Lipinski definition) is 6. The van der Waals surface area contributed by atoms with Crippen LogP contribution < -0.4 is 0 Å². The monoisotopic (exact) mass is 341 g/mol. The summed E-state index contributed by atoms with van der Waals surface area (Å²) in [5.74, 6) is 0.672. The molecule has 0 N–H and O–H groups in total. The summed E-state index contributed by atoms with van der Waals surface area (Å²) in [6.45, 7) is 5.23. The molecule has 2 aromatic heterocycles. The number of rotatable bonds is 4. The number of aryl methyl sites for hydroxylation is 1. The fourth-order valence-electron chi connectivity index (χ4n) is 2.84. The Morgan fingerprint density at radius 1 is 1.25 bits per heavy atom. The van der Waals surface area contributed by atoms with Crippen LogP contribution in [0.15, 0.2) is 46.4 Å². The van der Waals surface area contributed by atoms with E-state index in [1.807, 2.05) is 37.3 Å². The maximum Gasteiger partial charge on any atom is 0.226 e. The van der Waals surface area contributed by atoms with Crippen molar-refractivity contribution in [2.75, 3.05) is 19.7 Å². The Morgan fingerprint density at radius 3 is 2.92 bits per heavy atom. The second-order valence-electron chi connectivity index (χ2n) is 5.93. The topological polar surface area (TPSA) is 51.4 Å². The molecular weight excluding hydrogens is 322 g/mol. The lowest BCUT2D eigenvalue weighted by atomic mass is 10.2. The van der Waals surface area contributed by atoms with E-state index in [9.17, 15) is 0 Å². The van der Waals surface area contributed by atoms with Crippen molar-refractivity contribution >= 4 is 11.3 Å². The Balaban J connectivity index is 1.43. The summed E-state index contributed by atoms with van der Waals surface area (Å²) in [5.41, 5.74) is 3.01. The molecule has 5 nitrogen and oxygen atoms in total. The van der Waals surface area contributed by atoms with Gasteiger partial charge in [0.15, 0.2) is 0 Å².